The van der Waals surface area contributed by atoms with Gasteiger partial charge in [-0.15, -0.1) is 11.8 Å². The van der Waals surface area contributed by atoms with Gasteiger partial charge in [-0.3, -0.25) is 9.59 Å². The molecule has 0 aliphatic rings. The van der Waals surface area contributed by atoms with Gasteiger partial charge in [0.1, 0.15) is 0 Å². The predicted octanol–water partition coefficient (Wildman–Crippen LogP) is 2.54. The third-order valence-corrected chi connectivity index (χ3v) is 3.54. The number of thioether (sulfide) groups is 1. The molecule has 5 heteroatoms. The van der Waals surface area contributed by atoms with Gasteiger partial charge in [-0.1, -0.05) is 12.1 Å². The molecule has 0 aromatic heterocycles. The highest BCUT2D eigenvalue weighted by atomic mass is 32.2. The number of benzene rings is 1. The average Bonchev–Trinajstić information content (AvgIpc) is 2.35. The van der Waals surface area contributed by atoms with Gasteiger partial charge < -0.3 is 10.1 Å². The number of amides is 1. The Balaban J connectivity index is 2.39. The van der Waals surface area contributed by atoms with Crippen molar-refractivity contribution >= 4 is 29.3 Å². The minimum atomic E-state index is -0.285. The molecule has 0 unspecified atom stereocenters. The lowest BCUT2D eigenvalue weighted by molar-refractivity contribution is -0.139. The molecule has 0 bridgehead atoms. The molecule has 0 aliphatic heterocycles. The number of anilines is 1. The molecule has 0 saturated heterocycles. The van der Waals surface area contributed by atoms with Crippen LogP contribution in [0.1, 0.15) is 18.1 Å². The Morgan fingerprint density at radius 1 is 1.26 bits per heavy atom. The van der Waals surface area contributed by atoms with Crippen LogP contribution in [0.25, 0.3) is 0 Å². The van der Waals surface area contributed by atoms with Crippen LogP contribution in [0.15, 0.2) is 18.2 Å². The van der Waals surface area contributed by atoms with Gasteiger partial charge in [0.25, 0.3) is 0 Å². The van der Waals surface area contributed by atoms with Crippen LogP contribution >= 0.6 is 11.8 Å². The summed E-state index contributed by atoms with van der Waals surface area (Å²) < 4.78 is 4.79. The van der Waals surface area contributed by atoms with Crippen LogP contribution in [0, 0.1) is 13.8 Å². The van der Waals surface area contributed by atoms with E-state index in [0.29, 0.717) is 6.61 Å². The Kier molecular flexibility index (Phi) is 6.42. The zero-order valence-corrected chi connectivity index (χ0v) is 12.3. The SMILES string of the molecule is CCOC(=O)CSCC(=O)Nc1cccc(C)c1C. The molecular formula is C14H19NO3S. The second-order valence-electron chi connectivity index (χ2n) is 4.09. The second-order valence-corrected chi connectivity index (χ2v) is 5.08. The summed E-state index contributed by atoms with van der Waals surface area (Å²) in [5.41, 5.74) is 3.02. The van der Waals surface area contributed by atoms with E-state index in [9.17, 15) is 9.59 Å². The first-order valence-corrected chi connectivity index (χ1v) is 7.29. The maximum absolute atomic E-state index is 11.7. The molecule has 0 saturated carbocycles. The number of rotatable bonds is 6. The molecule has 4 nitrogen and oxygen atoms in total. The van der Waals surface area contributed by atoms with E-state index >= 15 is 0 Å². The topological polar surface area (TPSA) is 55.4 Å². The third kappa shape index (κ3) is 5.34. The molecule has 0 heterocycles. The van der Waals surface area contributed by atoms with E-state index in [2.05, 4.69) is 5.32 Å². The van der Waals surface area contributed by atoms with Crippen molar-refractivity contribution in [1.82, 2.24) is 0 Å². The first kappa shape index (κ1) is 15.6. The van der Waals surface area contributed by atoms with Crippen molar-refractivity contribution in [3.8, 4) is 0 Å². The predicted molar refractivity (Wildman–Crippen MR) is 78.5 cm³/mol. The van der Waals surface area contributed by atoms with Gasteiger partial charge in [0.2, 0.25) is 5.91 Å². The van der Waals surface area contributed by atoms with Crippen molar-refractivity contribution in [2.24, 2.45) is 0 Å². The highest BCUT2D eigenvalue weighted by Crippen LogP contribution is 2.18. The summed E-state index contributed by atoms with van der Waals surface area (Å²) in [6.45, 7) is 6.10. The van der Waals surface area contributed by atoms with Crippen LogP contribution in [0.2, 0.25) is 0 Å². The Morgan fingerprint density at radius 3 is 2.68 bits per heavy atom. The quantitative estimate of drug-likeness (QED) is 0.814. The molecule has 1 N–H and O–H groups in total. The third-order valence-electron chi connectivity index (χ3n) is 2.64. The summed E-state index contributed by atoms with van der Waals surface area (Å²) in [4.78, 5) is 22.8. The molecule has 1 aromatic rings. The number of ether oxygens (including phenoxy) is 1. The standard InChI is InChI=1S/C14H19NO3S/c1-4-18-14(17)9-19-8-13(16)15-12-7-5-6-10(2)11(12)3/h5-7H,4,8-9H2,1-3H3,(H,15,16). The molecule has 1 rings (SSSR count). The Labute approximate surface area is 117 Å². The van der Waals surface area contributed by atoms with Crippen molar-refractivity contribution in [1.29, 1.82) is 0 Å². The van der Waals surface area contributed by atoms with Crippen LogP contribution in [-0.4, -0.2) is 30.0 Å². The van der Waals surface area contributed by atoms with Crippen molar-refractivity contribution in [3.63, 3.8) is 0 Å². The summed E-state index contributed by atoms with van der Waals surface area (Å²) in [6, 6.07) is 5.78. The van der Waals surface area contributed by atoms with Crippen molar-refractivity contribution in [2.45, 2.75) is 20.8 Å². The number of carbonyl (C=O) groups excluding carboxylic acids is 2. The lowest BCUT2D eigenvalue weighted by Gasteiger charge is -2.10. The Hall–Kier alpha value is -1.49. The molecule has 0 atom stereocenters. The fourth-order valence-electron chi connectivity index (χ4n) is 1.50. The van der Waals surface area contributed by atoms with Crippen molar-refractivity contribution in [2.75, 3.05) is 23.4 Å². The molecule has 0 aliphatic carbocycles. The lowest BCUT2D eigenvalue weighted by atomic mass is 10.1. The molecule has 1 aromatic carbocycles. The summed E-state index contributed by atoms with van der Waals surface area (Å²) in [6.07, 6.45) is 0. The molecule has 104 valence electrons. The first-order chi connectivity index (χ1) is 9.04. The number of carbonyl (C=O) groups is 2. The van der Waals surface area contributed by atoms with Gasteiger partial charge in [0.15, 0.2) is 0 Å². The molecule has 0 fully saturated rings. The van der Waals surface area contributed by atoms with Crippen LogP contribution < -0.4 is 5.32 Å². The van der Waals surface area contributed by atoms with E-state index in [-0.39, 0.29) is 23.4 Å². The van der Waals surface area contributed by atoms with Crippen LogP contribution in [0.3, 0.4) is 0 Å². The maximum atomic E-state index is 11.7. The number of nitrogens with one attached hydrogen (secondary N) is 1. The molecule has 0 spiro atoms. The van der Waals surface area contributed by atoms with Gasteiger partial charge >= 0.3 is 5.97 Å². The van der Waals surface area contributed by atoms with Gasteiger partial charge in [-0.25, -0.2) is 0 Å². The van der Waals surface area contributed by atoms with Gasteiger partial charge in [0.05, 0.1) is 18.1 Å². The Bertz CT molecular complexity index is 460. The largest absolute Gasteiger partial charge is 0.465 e. The minimum Gasteiger partial charge on any atom is -0.465 e. The minimum absolute atomic E-state index is 0.108. The average molecular weight is 281 g/mol. The molecule has 0 radical (unpaired) electrons. The van der Waals surface area contributed by atoms with Gasteiger partial charge in [-0.05, 0) is 38.0 Å². The highest BCUT2D eigenvalue weighted by molar-refractivity contribution is 8.00. The van der Waals surface area contributed by atoms with Crippen LogP contribution in [-0.2, 0) is 14.3 Å². The number of aryl methyl sites for hydroxylation is 1. The molecular weight excluding hydrogens is 262 g/mol. The lowest BCUT2D eigenvalue weighted by Crippen LogP contribution is -2.17. The number of hydrogen-bond donors (Lipinski definition) is 1. The molecule has 19 heavy (non-hydrogen) atoms. The highest BCUT2D eigenvalue weighted by Gasteiger charge is 2.08. The summed E-state index contributed by atoms with van der Waals surface area (Å²) >= 11 is 1.25. The number of esters is 1. The normalized spacial score (nSPS) is 10.1. The molecule has 1 amide bonds. The van der Waals surface area contributed by atoms with E-state index < -0.39 is 0 Å². The van der Waals surface area contributed by atoms with E-state index in [1.165, 1.54) is 11.8 Å². The smallest absolute Gasteiger partial charge is 0.315 e. The van der Waals surface area contributed by atoms with Crippen molar-refractivity contribution in [3.05, 3.63) is 29.3 Å². The van der Waals surface area contributed by atoms with Gasteiger partial charge in [-0.2, -0.15) is 0 Å². The van der Waals surface area contributed by atoms with Crippen molar-refractivity contribution < 1.29 is 14.3 Å². The Morgan fingerprint density at radius 2 is 2.00 bits per heavy atom. The van der Waals surface area contributed by atoms with E-state index in [1.54, 1.807) is 6.92 Å². The van der Waals surface area contributed by atoms with E-state index in [4.69, 9.17) is 4.74 Å². The summed E-state index contributed by atoms with van der Waals surface area (Å²) in [5, 5.41) is 2.84. The van der Waals surface area contributed by atoms with E-state index in [0.717, 1.165) is 16.8 Å². The fourth-order valence-corrected chi connectivity index (χ4v) is 2.11. The second kappa shape index (κ2) is 7.84. The fraction of sp³-hybridized carbons (Fsp3) is 0.429. The monoisotopic (exact) mass is 281 g/mol. The summed E-state index contributed by atoms with van der Waals surface area (Å²) in [5.74, 6) is 0.0512. The van der Waals surface area contributed by atoms with Crippen LogP contribution in [0.4, 0.5) is 5.69 Å². The number of hydrogen-bond acceptors (Lipinski definition) is 4. The maximum Gasteiger partial charge on any atom is 0.315 e. The van der Waals surface area contributed by atoms with E-state index in [1.807, 2.05) is 32.0 Å². The summed E-state index contributed by atoms with van der Waals surface area (Å²) in [7, 11) is 0. The zero-order chi connectivity index (χ0) is 14.3. The van der Waals surface area contributed by atoms with Crippen LogP contribution in [0.5, 0.6) is 0 Å². The van der Waals surface area contributed by atoms with Gasteiger partial charge in [0, 0.05) is 5.69 Å². The zero-order valence-electron chi connectivity index (χ0n) is 11.5. The first-order valence-electron chi connectivity index (χ1n) is 6.14.